The number of aliphatic imine (C=N–C) groups is 3. The number of nitrogens with zero attached hydrogens (tertiary/aromatic N) is 8. The maximum Gasteiger partial charge on any atom is 2.00 e. The zero-order valence-electron chi connectivity index (χ0n) is 30.1. The van der Waals surface area contributed by atoms with Crippen molar-refractivity contribution < 1.29 is 33.2 Å². The van der Waals surface area contributed by atoms with Gasteiger partial charge in [0, 0.05) is 67.0 Å². The molecule has 9 heteroatoms. The van der Waals surface area contributed by atoms with Crippen molar-refractivity contribution in [2.24, 2.45) is 36.1 Å². The summed E-state index contributed by atoms with van der Waals surface area (Å²) in [5.74, 6) is 0. The third-order valence-electron chi connectivity index (χ3n) is 9.68. The van der Waals surface area contributed by atoms with Crippen LogP contribution in [0.3, 0.4) is 0 Å². The third kappa shape index (κ3) is 6.34. The van der Waals surface area contributed by atoms with Crippen LogP contribution >= 0.6 is 0 Å². The molecule has 9 rings (SSSR count). The SMILES string of the molecule is CN1C=CC(=C2C3=NC(=C(c4cc[n+](C)cc4)C4=NC(=C(c5cc[n+](C)cc5)c5ccc([n-]5)C(c5cc[n+](C)cc5)=C5C=CC2=N5)C=C4)C=C3)C=C1.[Zn+2]. The maximum atomic E-state index is 5.35. The predicted molar refractivity (Wildman–Crippen MR) is 204 cm³/mol. The minimum absolute atomic E-state index is 0. The van der Waals surface area contributed by atoms with Crippen molar-refractivity contribution in [2.75, 3.05) is 7.05 Å². The zero-order chi connectivity index (χ0) is 35.3. The predicted octanol–water partition coefficient (Wildman–Crippen LogP) is 5.36. The van der Waals surface area contributed by atoms with Crippen LogP contribution in [-0.4, -0.2) is 29.1 Å². The second kappa shape index (κ2) is 13.8. The van der Waals surface area contributed by atoms with E-state index in [2.05, 4.69) is 147 Å². The molecule has 4 aromatic heterocycles. The number of rotatable bonds is 3. The van der Waals surface area contributed by atoms with E-state index in [0.717, 1.165) is 90.2 Å². The Hall–Kier alpha value is -6.18. The summed E-state index contributed by atoms with van der Waals surface area (Å²) in [6, 6.07) is 16.9. The first-order valence-corrected chi connectivity index (χ1v) is 17.3. The van der Waals surface area contributed by atoms with Gasteiger partial charge in [-0.3, -0.25) is 0 Å². The normalized spacial score (nSPS) is 17.3. The molecule has 53 heavy (non-hydrogen) atoms. The van der Waals surface area contributed by atoms with E-state index in [1.54, 1.807) is 0 Å². The van der Waals surface area contributed by atoms with Crippen LogP contribution in [0.4, 0.5) is 0 Å². The average Bonchev–Trinajstić information content (AvgIpc) is 3.99. The fourth-order valence-corrected chi connectivity index (χ4v) is 6.94. The van der Waals surface area contributed by atoms with E-state index in [1.807, 2.05) is 46.8 Å². The molecule has 4 aromatic rings. The molecular formula is C44H36N8Zn+4. The molecule has 0 saturated heterocycles. The number of hydrogen-bond donors (Lipinski definition) is 0. The number of aromatic nitrogens is 4. The minimum atomic E-state index is 0. The number of aryl methyl sites for hydroxylation is 3. The molecule has 5 aliphatic heterocycles. The van der Waals surface area contributed by atoms with E-state index in [0.29, 0.717) is 0 Å². The van der Waals surface area contributed by atoms with E-state index in [1.165, 1.54) is 0 Å². The maximum absolute atomic E-state index is 5.35. The summed E-state index contributed by atoms with van der Waals surface area (Å²) in [6.45, 7) is 0. The van der Waals surface area contributed by atoms with Gasteiger partial charge in [-0.15, -0.1) is 11.4 Å². The van der Waals surface area contributed by atoms with Crippen LogP contribution in [0.25, 0.3) is 16.7 Å². The molecule has 9 heterocycles. The standard InChI is InChI=1S/C44H36N8.Zn/c1-49-21-13-29(14-22-49)41-33-5-7-35(45-33)42(30-15-23-50(2)24-16-30)37-9-11-39(47-37)44(32-19-27-52(4)28-20-32)40-12-10-38(48-40)43(36-8-6-34(41)46-36)31-17-25-51(3)26-18-31;/h5-28H,1-4H3;/q2*+2. The zero-order valence-corrected chi connectivity index (χ0v) is 33.1. The topological polar surface area (TPSA) is 66.1 Å². The summed E-state index contributed by atoms with van der Waals surface area (Å²) >= 11 is 0. The summed E-state index contributed by atoms with van der Waals surface area (Å²) < 4.78 is 6.11. The van der Waals surface area contributed by atoms with Crippen molar-refractivity contribution in [2.45, 2.75) is 0 Å². The first-order valence-electron chi connectivity index (χ1n) is 17.3. The number of allylic oxidation sites excluding steroid dienone is 11. The van der Waals surface area contributed by atoms with Crippen LogP contribution < -0.4 is 18.7 Å². The summed E-state index contributed by atoms with van der Waals surface area (Å²) in [7, 11) is 8.10. The number of hydrogen-bond acceptors (Lipinski definition) is 4. The Bertz CT molecular complexity index is 2540. The van der Waals surface area contributed by atoms with Crippen molar-refractivity contribution in [3.05, 3.63) is 203 Å². The quantitative estimate of drug-likeness (QED) is 0.210. The molecule has 5 aliphatic rings. The van der Waals surface area contributed by atoms with Crippen LogP contribution in [-0.2, 0) is 40.6 Å². The van der Waals surface area contributed by atoms with Crippen LogP contribution in [0.1, 0.15) is 28.1 Å². The molecule has 0 aliphatic carbocycles. The summed E-state index contributed by atoms with van der Waals surface area (Å²) in [6.07, 6.45) is 33.3. The Morgan fingerprint density at radius 2 is 0.811 bits per heavy atom. The molecule has 0 saturated carbocycles. The van der Waals surface area contributed by atoms with Gasteiger partial charge in [0.05, 0.1) is 34.2 Å². The van der Waals surface area contributed by atoms with Crippen molar-refractivity contribution in [1.29, 1.82) is 0 Å². The van der Waals surface area contributed by atoms with E-state index >= 15 is 0 Å². The summed E-state index contributed by atoms with van der Waals surface area (Å²) in [4.78, 5) is 23.4. The molecule has 0 atom stereocenters. The molecule has 0 radical (unpaired) electrons. The average molecular weight is 742 g/mol. The van der Waals surface area contributed by atoms with Gasteiger partial charge in [0.1, 0.15) is 21.1 Å². The Morgan fingerprint density at radius 1 is 0.453 bits per heavy atom. The molecular weight excluding hydrogens is 706 g/mol. The molecule has 0 spiro atoms. The molecule has 0 aromatic carbocycles. The summed E-state index contributed by atoms with van der Waals surface area (Å²) in [5, 5.41) is 0. The third-order valence-corrected chi connectivity index (χ3v) is 9.68. The van der Waals surface area contributed by atoms with Gasteiger partial charge in [-0.2, -0.15) is 0 Å². The van der Waals surface area contributed by atoms with Crippen molar-refractivity contribution in [3.8, 4) is 0 Å². The Balaban J connectivity index is 0.00000400. The molecule has 8 bridgehead atoms. The Kier molecular flexibility index (Phi) is 8.81. The minimum Gasteiger partial charge on any atom is -0.657 e. The molecule has 250 valence electrons. The van der Waals surface area contributed by atoms with E-state index in [4.69, 9.17) is 20.0 Å². The molecule has 0 fully saturated rings. The molecule has 0 amide bonds. The fourth-order valence-electron chi connectivity index (χ4n) is 6.94. The smallest absolute Gasteiger partial charge is 0.657 e. The van der Waals surface area contributed by atoms with Gasteiger partial charge in [0.2, 0.25) is 0 Å². The second-order valence-corrected chi connectivity index (χ2v) is 13.4. The molecule has 8 nitrogen and oxygen atoms in total. The monoisotopic (exact) mass is 740 g/mol. The van der Waals surface area contributed by atoms with E-state index in [9.17, 15) is 0 Å². The Labute approximate surface area is 321 Å². The number of fused-ring (bicyclic) bond motifs is 5. The van der Waals surface area contributed by atoms with Gasteiger partial charge >= 0.3 is 19.5 Å². The largest absolute Gasteiger partial charge is 2.00 e. The van der Waals surface area contributed by atoms with Crippen LogP contribution in [0.5, 0.6) is 0 Å². The van der Waals surface area contributed by atoms with Crippen LogP contribution in [0, 0.1) is 0 Å². The first-order chi connectivity index (χ1) is 25.4. The fraction of sp³-hybridized carbons (Fsp3) is 0.0909. The van der Waals surface area contributed by atoms with Gasteiger partial charge in [0.25, 0.3) is 0 Å². The van der Waals surface area contributed by atoms with E-state index < -0.39 is 0 Å². The molecule has 0 N–H and O–H groups in total. The van der Waals surface area contributed by atoms with Gasteiger partial charge in [-0.1, -0.05) is 12.1 Å². The van der Waals surface area contributed by atoms with Crippen molar-refractivity contribution >= 4 is 33.9 Å². The van der Waals surface area contributed by atoms with Gasteiger partial charge in [0.15, 0.2) is 37.2 Å². The number of pyridine rings is 3. The van der Waals surface area contributed by atoms with Crippen molar-refractivity contribution in [1.82, 2.24) is 9.88 Å². The van der Waals surface area contributed by atoms with Gasteiger partial charge in [-0.05, 0) is 82.0 Å². The van der Waals surface area contributed by atoms with Crippen LogP contribution in [0.15, 0.2) is 190 Å². The second-order valence-electron chi connectivity index (χ2n) is 13.4. The van der Waals surface area contributed by atoms with Gasteiger partial charge < -0.3 is 9.88 Å². The van der Waals surface area contributed by atoms with Gasteiger partial charge in [-0.25, -0.2) is 28.7 Å². The summed E-state index contributed by atoms with van der Waals surface area (Å²) in [5.41, 5.74) is 14.7. The van der Waals surface area contributed by atoms with E-state index in [-0.39, 0.29) is 19.5 Å². The van der Waals surface area contributed by atoms with Crippen LogP contribution in [0.2, 0.25) is 0 Å². The van der Waals surface area contributed by atoms with Crippen molar-refractivity contribution in [3.63, 3.8) is 0 Å². The first kappa shape index (κ1) is 33.9. The Morgan fingerprint density at radius 3 is 1.23 bits per heavy atom. The molecule has 0 unspecified atom stereocenters.